The van der Waals surface area contributed by atoms with Gasteiger partial charge in [0.15, 0.2) is 0 Å². The molecule has 0 fully saturated rings. The minimum atomic E-state index is -2.86. The molecule has 3 nitrogen and oxygen atoms in total. The highest BCUT2D eigenvalue weighted by Crippen LogP contribution is 2.30. The van der Waals surface area contributed by atoms with Crippen molar-refractivity contribution in [2.75, 3.05) is 6.61 Å². The topological polar surface area (TPSA) is 31.2 Å². The maximum absolute atomic E-state index is 14.3. The van der Waals surface area contributed by atoms with E-state index in [0.29, 0.717) is 4.57 Å². The summed E-state index contributed by atoms with van der Waals surface area (Å²) in [6, 6.07) is 4.28. The molecule has 0 saturated heterocycles. The van der Waals surface area contributed by atoms with Gasteiger partial charge < -0.3 is 9.30 Å². The van der Waals surface area contributed by atoms with Crippen LogP contribution in [0, 0.1) is 27.5 Å². The Morgan fingerprint density at radius 1 is 1.25 bits per heavy atom. The number of halogens is 5. The second-order valence-electron chi connectivity index (χ2n) is 4.63. The van der Waals surface area contributed by atoms with Crippen molar-refractivity contribution < 1.29 is 22.3 Å². The van der Waals surface area contributed by atoms with E-state index in [1.165, 1.54) is 12.1 Å². The second-order valence-corrected chi connectivity index (χ2v) is 5.79. The van der Waals surface area contributed by atoms with Crippen LogP contribution in [0.5, 0.6) is 5.75 Å². The van der Waals surface area contributed by atoms with Crippen molar-refractivity contribution in [2.24, 2.45) is 0 Å². The highest BCUT2D eigenvalue weighted by Gasteiger charge is 2.20. The lowest BCUT2D eigenvalue weighted by Crippen LogP contribution is -2.27. The first-order chi connectivity index (χ1) is 11.3. The Labute approximate surface area is 148 Å². The molecule has 0 saturated carbocycles. The van der Waals surface area contributed by atoms with Crippen LogP contribution in [0.3, 0.4) is 0 Å². The van der Waals surface area contributed by atoms with Gasteiger partial charge in [-0.15, -0.1) is 6.42 Å². The molecule has 1 aromatic carbocycles. The number of rotatable bonds is 5. The third kappa shape index (κ3) is 3.90. The SMILES string of the molecule is C#CCOc1cc(F)c(-c2ccc(I)c(=O)n2CC(F)F)c(F)c1. The van der Waals surface area contributed by atoms with E-state index in [9.17, 15) is 22.4 Å². The molecule has 8 heteroatoms. The quantitative estimate of drug-likeness (QED) is 0.395. The highest BCUT2D eigenvalue weighted by atomic mass is 127. The molecule has 0 atom stereocenters. The number of ether oxygens (including phenoxy) is 1. The summed E-state index contributed by atoms with van der Waals surface area (Å²) < 4.78 is 59.8. The monoisotopic (exact) mass is 451 g/mol. The van der Waals surface area contributed by atoms with Gasteiger partial charge in [-0.25, -0.2) is 17.6 Å². The fourth-order valence-corrected chi connectivity index (χ4v) is 2.56. The summed E-state index contributed by atoms with van der Waals surface area (Å²) in [5.41, 5.74) is -1.61. The van der Waals surface area contributed by atoms with Crippen molar-refractivity contribution >= 4 is 22.6 Å². The van der Waals surface area contributed by atoms with Crippen LogP contribution >= 0.6 is 22.6 Å². The summed E-state index contributed by atoms with van der Waals surface area (Å²) in [4.78, 5) is 12.1. The molecule has 2 aromatic rings. The number of nitrogens with zero attached hydrogens (tertiary/aromatic N) is 1. The van der Waals surface area contributed by atoms with E-state index in [1.807, 2.05) is 0 Å². The summed E-state index contributed by atoms with van der Waals surface area (Å²) in [7, 11) is 0. The molecule has 1 heterocycles. The molecule has 0 aliphatic carbocycles. The average molecular weight is 451 g/mol. The molecule has 0 aliphatic rings. The van der Waals surface area contributed by atoms with E-state index >= 15 is 0 Å². The van der Waals surface area contributed by atoms with E-state index in [1.54, 1.807) is 22.6 Å². The van der Waals surface area contributed by atoms with Gasteiger partial charge in [-0.1, -0.05) is 5.92 Å². The van der Waals surface area contributed by atoms with Crippen molar-refractivity contribution in [3.8, 4) is 29.4 Å². The van der Waals surface area contributed by atoms with Crippen molar-refractivity contribution in [1.82, 2.24) is 4.57 Å². The van der Waals surface area contributed by atoms with Crippen LogP contribution in [0.1, 0.15) is 0 Å². The molecule has 0 aliphatic heterocycles. The van der Waals surface area contributed by atoms with Gasteiger partial charge in [0.1, 0.15) is 24.0 Å². The maximum atomic E-state index is 14.3. The summed E-state index contributed by atoms with van der Waals surface area (Å²) in [6.45, 7) is -1.16. The maximum Gasteiger partial charge on any atom is 0.264 e. The molecule has 0 bridgehead atoms. The lowest BCUT2D eigenvalue weighted by molar-refractivity contribution is 0.125. The van der Waals surface area contributed by atoms with Crippen molar-refractivity contribution in [3.05, 3.63) is 49.8 Å². The summed E-state index contributed by atoms with van der Waals surface area (Å²) in [5.74, 6) is -0.0905. The number of alkyl halides is 2. The lowest BCUT2D eigenvalue weighted by atomic mass is 10.1. The first-order valence-corrected chi connectivity index (χ1v) is 7.66. The van der Waals surface area contributed by atoms with E-state index in [2.05, 4.69) is 5.92 Å². The Morgan fingerprint density at radius 2 is 1.88 bits per heavy atom. The highest BCUT2D eigenvalue weighted by molar-refractivity contribution is 14.1. The predicted molar refractivity (Wildman–Crippen MR) is 89.1 cm³/mol. The molecular formula is C16H10F4INO2. The fourth-order valence-electron chi connectivity index (χ4n) is 2.09. The first-order valence-electron chi connectivity index (χ1n) is 6.58. The third-order valence-corrected chi connectivity index (χ3v) is 3.86. The summed E-state index contributed by atoms with van der Waals surface area (Å²) in [5, 5.41) is 0. The second kappa shape index (κ2) is 7.70. The average Bonchev–Trinajstić information content (AvgIpc) is 2.51. The zero-order valence-electron chi connectivity index (χ0n) is 12.0. The Kier molecular flexibility index (Phi) is 5.88. The van der Waals surface area contributed by atoms with E-state index in [-0.39, 0.29) is 21.6 Å². The predicted octanol–water partition coefficient (Wildman–Crippen LogP) is 3.68. The van der Waals surface area contributed by atoms with Gasteiger partial charge in [0.05, 0.1) is 21.4 Å². The van der Waals surface area contributed by atoms with Gasteiger partial charge in [0, 0.05) is 12.1 Å². The molecule has 0 unspecified atom stereocenters. The molecule has 0 spiro atoms. The Bertz CT molecular complexity index is 835. The summed E-state index contributed by atoms with van der Waals surface area (Å²) >= 11 is 1.67. The minimum Gasteiger partial charge on any atom is -0.481 e. The zero-order chi connectivity index (χ0) is 17.9. The summed E-state index contributed by atoms with van der Waals surface area (Å²) in [6.07, 6.45) is 2.14. The van der Waals surface area contributed by atoms with Gasteiger partial charge in [0.25, 0.3) is 12.0 Å². The molecule has 1 aromatic heterocycles. The van der Waals surface area contributed by atoms with E-state index in [4.69, 9.17) is 11.2 Å². The standard InChI is InChI=1S/C16H10F4INO2/c1-2-5-24-9-6-10(17)15(11(18)7-9)13-4-3-12(21)16(23)22(13)8-14(19)20/h1,3-4,6-7,14H,5,8H2. The van der Waals surface area contributed by atoms with E-state index in [0.717, 1.165) is 12.1 Å². The van der Waals surface area contributed by atoms with Crippen molar-refractivity contribution in [2.45, 2.75) is 13.0 Å². The zero-order valence-corrected chi connectivity index (χ0v) is 14.2. The number of terminal acetylenes is 1. The Hall–Kier alpha value is -2.02. The first kappa shape index (κ1) is 18.3. The normalized spacial score (nSPS) is 10.7. The lowest BCUT2D eigenvalue weighted by Gasteiger charge is -2.15. The smallest absolute Gasteiger partial charge is 0.264 e. The fraction of sp³-hybridized carbons (Fsp3) is 0.188. The molecule has 0 radical (unpaired) electrons. The van der Waals surface area contributed by atoms with Gasteiger partial charge in [0.2, 0.25) is 0 Å². The van der Waals surface area contributed by atoms with Crippen molar-refractivity contribution in [3.63, 3.8) is 0 Å². The van der Waals surface area contributed by atoms with Crippen LogP contribution in [-0.2, 0) is 6.54 Å². The van der Waals surface area contributed by atoms with Crippen LogP contribution in [0.25, 0.3) is 11.3 Å². The Balaban J connectivity index is 2.62. The van der Waals surface area contributed by atoms with Crippen molar-refractivity contribution in [1.29, 1.82) is 0 Å². The van der Waals surface area contributed by atoms with Gasteiger partial charge >= 0.3 is 0 Å². The van der Waals surface area contributed by atoms with Crippen LogP contribution in [0.15, 0.2) is 29.1 Å². The van der Waals surface area contributed by atoms with Crippen LogP contribution < -0.4 is 10.3 Å². The number of pyridine rings is 1. The van der Waals surface area contributed by atoms with Gasteiger partial charge in [-0.05, 0) is 34.7 Å². The van der Waals surface area contributed by atoms with Gasteiger partial charge in [-0.3, -0.25) is 4.79 Å². The third-order valence-electron chi connectivity index (χ3n) is 3.04. The number of benzene rings is 1. The molecule has 0 amide bonds. The molecule has 126 valence electrons. The largest absolute Gasteiger partial charge is 0.481 e. The number of hydrogen-bond acceptors (Lipinski definition) is 2. The van der Waals surface area contributed by atoms with Crippen LogP contribution in [0.4, 0.5) is 17.6 Å². The number of aromatic nitrogens is 1. The molecule has 24 heavy (non-hydrogen) atoms. The van der Waals surface area contributed by atoms with Crippen LogP contribution in [-0.4, -0.2) is 17.6 Å². The van der Waals surface area contributed by atoms with Crippen LogP contribution in [0.2, 0.25) is 0 Å². The minimum absolute atomic E-state index is 0.139. The van der Waals surface area contributed by atoms with Gasteiger partial charge in [-0.2, -0.15) is 0 Å². The molecule has 2 rings (SSSR count). The molecular weight excluding hydrogens is 441 g/mol. The Morgan fingerprint density at radius 3 is 2.42 bits per heavy atom. The van der Waals surface area contributed by atoms with E-state index < -0.39 is 35.7 Å². The molecule has 0 N–H and O–H groups in total. The number of hydrogen-bond donors (Lipinski definition) is 0.